The Kier molecular flexibility index (Phi) is 5.35. The van der Waals surface area contributed by atoms with E-state index in [-0.39, 0.29) is 17.3 Å². The van der Waals surface area contributed by atoms with Crippen LogP contribution in [0.3, 0.4) is 0 Å². The van der Waals surface area contributed by atoms with Crippen molar-refractivity contribution in [3.8, 4) is 0 Å². The smallest absolute Gasteiger partial charge is 0.258 e. The number of carbonyl (C=O) groups excluding carboxylic acids is 2. The fourth-order valence-corrected chi connectivity index (χ4v) is 2.67. The Balaban J connectivity index is 1.76. The lowest BCUT2D eigenvalue weighted by molar-refractivity contribution is 0.0934. The highest BCUT2D eigenvalue weighted by Gasteiger charge is 2.17. The standard InChI is InChI=1S/C19H19FN4O3/c1-3-17(14-9-21-24(2)10-14)23-19(26)13-6-15(20)8-16(7-13)22-18(25)12-4-5-27-11-12/h4-11,17H,3H2,1-2H3,(H,22,25)(H,23,26). The fourth-order valence-electron chi connectivity index (χ4n) is 2.67. The molecule has 0 radical (unpaired) electrons. The van der Waals surface area contributed by atoms with Crippen molar-refractivity contribution in [1.29, 1.82) is 0 Å². The number of amides is 2. The molecule has 0 bridgehead atoms. The van der Waals surface area contributed by atoms with Gasteiger partial charge in [-0.2, -0.15) is 5.10 Å². The number of hydrogen-bond donors (Lipinski definition) is 2. The molecule has 7 nitrogen and oxygen atoms in total. The number of benzene rings is 1. The van der Waals surface area contributed by atoms with Crippen LogP contribution in [0.2, 0.25) is 0 Å². The molecule has 8 heteroatoms. The Labute approximate surface area is 155 Å². The van der Waals surface area contributed by atoms with Gasteiger partial charge in [-0.1, -0.05) is 6.92 Å². The molecule has 1 atom stereocenters. The van der Waals surface area contributed by atoms with Crippen LogP contribution < -0.4 is 10.6 Å². The zero-order chi connectivity index (χ0) is 19.4. The van der Waals surface area contributed by atoms with Crippen LogP contribution in [0.15, 0.2) is 53.6 Å². The second-order valence-electron chi connectivity index (χ2n) is 6.08. The lowest BCUT2D eigenvalue weighted by Crippen LogP contribution is -2.28. The molecule has 2 aromatic heterocycles. The summed E-state index contributed by atoms with van der Waals surface area (Å²) in [6.07, 6.45) is 6.79. The third-order valence-corrected chi connectivity index (χ3v) is 4.04. The number of aryl methyl sites for hydroxylation is 1. The van der Waals surface area contributed by atoms with Gasteiger partial charge < -0.3 is 15.1 Å². The average molecular weight is 370 g/mol. The topological polar surface area (TPSA) is 89.2 Å². The molecule has 0 saturated heterocycles. The highest BCUT2D eigenvalue weighted by molar-refractivity contribution is 6.04. The second-order valence-corrected chi connectivity index (χ2v) is 6.08. The molecule has 3 aromatic rings. The lowest BCUT2D eigenvalue weighted by atomic mass is 10.1. The molecule has 2 amide bonds. The van der Waals surface area contributed by atoms with Gasteiger partial charge in [-0.25, -0.2) is 4.39 Å². The Morgan fingerprint density at radius 3 is 2.70 bits per heavy atom. The number of carbonyl (C=O) groups is 2. The summed E-state index contributed by atoms with van der Waals surface area (Å²) in [6.45, 7) is 1.93. The number of rotatable bonds is 6. The first-order valence-corrected chi connectivity index (χ1v) is 8.40. The first-order chi connectivity index (χ1) is 13.0. The van der Waals surface area contributed by atoms with Crippen LogP contribution in [0.25, 0.3) is 0 Å². The van der Waals surface area contributed by atoms with Gasteiger partial charge in [0.2, 0.25) is 0 Å². The summed E-state index contributed by atoms with van der Waals surface area (Å²) in [4.78, 5) is 24.7. The SMILES string of the molecule is CCC(NC(=O)c1cc(F)cc(NC(=O)c2ccoc2)c1)c1cnn(C)c1. The highest BCUT2D eigenvalue weighted by Crippen LogP contribution is 2.19. The van der Waals surface area contributed by atoms with Crippen molar-refractivity contribution in [2.24, 2.45) is 7.05 Å². The highest BCUT2D eigenvalue weighted by atomic mass is 19.1. The monoisotopic (exact) mass is 370 g/mol. The number of nitrogens with zero attached hydrogens (tertiary/aromatic N) is 2. The Bertz CT molecular complexity index is 950. The number of aromatic nitrogens is 2. The summed E-state index contributed by atoms with van der Waals surface area (Å²) < 4.78 is 20.5. The van der Waals surface area contributed by atoms with Gasteiger partial charge in [0.05, 0.1) is 24.1 Å². The largest absolute Gasteiger partial charge is 0.472 e. The number of halogens is 1. The van der Waals surface area contributed by atoms with Crippen LogP contribution >= 0.6 is 0 Å². The van der Waals surface area contributed by atoms with E-state index in [0.717, 1.165) is 17.7 Å². The number of nitrogens with one attached hydrogen (secondary N) is 2. The summed E-state index contributed by atoms with van der Waals surface area (Å²) >= 11 is 0. The molecule has 0 saturated carbocycles. The van der Waals surface area contributed by atoms with E-state index in [4.69, 9.17) is 4.42 Å². The summed E-state index contributed by atoms with van der Waals surface area (Å²) in [5.41, 5.74) is 1.45. The summed E-state index contributed by atoms with van der Waals surface area (Å²) in [5.74, 6) is -1.52. The maximum Gasteiger partial charge on any atom is 0.258 e. The van der Waals surface area contributed by atoms with Crippen LogP contribution in [0.4, 0.5) is 10.1 Å². The molecule has 1 unspecified atom stereocenters. The van der Waals surface area contributed by atoms with Crippen LogP contribution in [-0.2, 0) is 7.05 Å². The minimum atomic E-state index is -0.625. The minimum absolute atomic E-state index is 0.111. The average Bonchev–Trinajstić information content (AvgIpc) is 3.30. The van der Waals surface area contributed by atoms with E-state index in [1.807, 2.05) is 13.1 Å². The zero-order valence-electron chi connectivity index (χ0n) is 14.9. The minimum Gasteiger partial charge on any atom is -0.472 e. The van der Waals surface area contributed by atoms with Crippen molar-refractivity contribution in [2.75, 3.05) is 5.32 Å². The predicted molar refractivity (Wildman–Crippen MR) is 96.8 cm³/mol. The van der Waals surface area contributed by atoms with E-state index in [2.05, 4.69) is 15.7 Å². The molecule has 0 aliphatic carbocycles. The molecule has 2 N–H and O–H groups in total. The van der Waals surface area contributed by atoms with Crippen molar-refractivity contribution in [1.82, 2.24) is 15.1 Å². The maximum atomic E-state index is 14.0. The lowest BCUT2D eigenvalue weighted by Gasteiger charge is -2.16. The molecule has 140 valence electrons. The van der Waals surface area contributed by atoms with Gasteiger partial charge in [0.1, 0.15) is 12.1 Å². The van der Waals surface area contributed by atoms with Crippen molar-refractivity contribution >= 4 is 17.5 Å². The summed E-state index contributed by atoms with van der Waals surface area (Å²) in [6, 6.07) is 4.93. The van der Waals surface area contributed by atoms with Crippen molar-refractivity contribution in [3.05, 3.63) is 71.7 Å². The van der Waals surface area contributed by atoms with E-state index >= 15 is 0 Å². The van der Waals surface area contributed by atoms with Gasteiger partial charge in [0, 0.05) is 30.1 Å². The van der Waals surface area contributed by atoms with Gasteiger partial charge in [-0.05, 0) is 30.7 Å². The van der Waals surface area contributed by atoms with E-state index < -0.39 is 17.6 Å². The quantitative estimate of drug-likeness (QED) is 0.697. The Morgan fingerprint density at radius 2 is 2.07 bits per heavy atom. The molecule has 0 fully saturated rings. The number of hydrogen-bond acceptors (Lipinski definition) is 4. The predicted octanol–water partition coefficient (Wildman–Crippen LogP) is 3.29. The molecule has 0 aliphatic heterocycles. The van der Waals surface area contributed by atoms with E-state index in [1.54, 1.807) is 17.9 Å². The molecule has 3 rings (SSSR count). The van der Waals surface area contributed by atoms with Gasteiger partial charge in [-0.15, -0.1) is 0 Å². The second kappa shape index (κ2) is 7.86. The van der Waals surface area contributed by atoms with Gasteiger partial charge in [-0.3, -0.25) is 14.3 Å². The van der Waals surface area contributed by atoms with Crippen LogP contribution in [-0.4, -0.2) is 21.6 Å². The number of anilines is 1. The molecule has 27 heavy (non-hydrogen) atoms. The van der Waals surface area contributed by atoms with Gasteiger partial charge in [0.15, 0.2) is 0 Å². The van der Waals surface area contributed by atoms with E-state index in [1.165, 1.54) is 24.7 Å². The number of furan rings is 1. The fraction of sp³-hybridized carbons (Fsp3) is 0.211. The van der Waals surface area contributed by atoms with Crippen molar-refractivity contribution in [3.63, 3.8) is 0 Å². The first-order valence-electron chi connectivity index (χ1n) is 8.40. The third kappa shape index (κ3) is 4.41. The van der Waals surface area contributed by atoms with Crippen LogP contribution in [0.1, 0.15) is 45.7 Å². The maximum absolute atomic E-state index is 14.0. The summed E-state index contributed by atoms with van der Waals surface area (Å²) in [5, 5.41) is 9.51. The third-order valence-electron chi connectivity index (χ3n) is 4.04. The van der Waals surface area contributed by atoms with Gasteiger partial charge >= 0.3 is 0 Å². The zero-order valence-corrected chi connectivity index (χ0v) is 14.9. The first kappa shape index (κ1) is 18.4. The molecule has 0 aliphatic rings. The Morgan fingerprint density at radius 1 is 1.26 bits per heavy atom. The molecule has 2 heterocycles. The molecule has 0 spiro atoms. The van der Waals surface area contributed by atoms with Crippen LogP contribution in [0, 0.1) is 5.82 Å². The van der Waals surface area contributed by atoms with E-state index in [9.17, 15) is 14.0 Å². The van der Waals surface area contributed by atoms with E-state index in [0.29, 0.717) is 12.0 Å². The molecule has 1 aromatic carbocycles. The van der Waals surface area contributed by atoms with Gasteiger partial charge in [0.25, 0.3) is 11.8 Å². The normalized spacial score (nSPS) is 11.8. The Hall–Kier alpha value is -3.42. The van der Waals surface area contributed by atoms with Crippen molar-refractivity contribution in [2.45, 2.75) is 19.4 Å². The molecular weight excluding hydrogens is 351 g/mol. The van der Waals surface area contributed by atoms with Crippen molar-refractivity contribution < 1.29 is 18.4 Å². The molecular formula is C19H19FN4O3. The summed E-state index contributed by atoms with van der Waals surface area (Å²) in [7, 11) is 1.79. The van der Waals surface area contributed by atoms with Crippen LogP contribution in [0.5, 0.6) is 0 Å².